The van der Waals surface area contributed by atoms with Gasteiger partial charge >= 0.3 is 0 Å². The summed E-state index contributed by atoms with van der Waals surface area (Å²) in [5, 5.41) is 7.59. The minimum absolute atomic E-state index is 0. The van der Waals surface area contributed by atoms with Gasteiger partial charge in [0.15, 0.2) is 0 Å². The molecule has 0 bridgehead atoms. The lowest BCUT2D eigenvalue weighted by molar-refractivity contribution is 0.390. The molecule has 0 spiro atoms. The van der Waals surface area contributed by atoms with Crippen LogP contribution in [-0.2, 0) is 0 Å². The largest absolute Gasteiger partial charge is 0.369 e. The number of pyridine rings is 1. The Morgan fingerprint density at radius 3 is 2.62 bits per heavy atom. The van der Waals surface area contributed by atoms with Crippen LogP contribution in [0.15, 0.2) is 47.4 Å². The standard InChI is InChI=1S/C25H32N6O.H2/c1-18(16-19-4-2-3-5-19)31-23(32)11-6-20-17-27-25(29-24(20)31)28-21-7-9-22(10-8-21)30-14-12-26-13-15-30;/h6-11,17-19,26H,2-5,12-16H2,1H3,(H,27,28,29);1H. The van der Waals surface area contributed by atoms with Crippen molar-refractivity contribution < 1.29 is 1.43 Å². The molecular formula is C25H34N6O. The molecule has 1 aliphatic carbocycles. The molecule has 1 atom stereocenters. The van der Waals surface area contributed by atoms with E-state index in [0.29, 0.717) is 17.5 Å². The number of hydrogen-bond donors (Lipinski definition) is 2. The first kappa shape index (κ1) is 20.9. The average molecular weight is 435 g/mol. The van der Waals surface area contributed by atoms with Crippen molar-refractivity contribution in [3.8, 4) is 0 Å². The van der Waals surface area contributed by atoms with E-state index in [1.807, 2.05) is 10.6 Å². The summed E-state index contributed by atoms with van der Waals surface area (Å²) in [5.74, 6) is 1.22. The summed E-state index contributed by atoms with van der Waals surface area (Å²) < 4.78 is 1.86. The Kier molecular flexibility index (Phi) is 6.08. The zero-order valence-corrected chi connectivity index (χ0v) is 18.8. The van der Waals surface area contributed by atoms with Gasteiger partial charge in [-0.25, -0.2) is 4.98 Å². The average Bonchev–Trinajstić information content (AvgIpc) is 3.33. The lowest BCUT2D eigenvalue weighted by Crippen LogP contribution is -2.43. The van der Waals surface area contributed by atoms with Crippen molar-refractivity contribution in [1.29, 1.82) is 0 Å². The van der Waals surface area contributed by atoms with E-state index >= 15 is 0 Å². The fourth-order valence-corrected chi connectivity index (χ4v) is 5.17. The number of nitrogens with one attached hydrogen (secondary N) is 2. The van der Waals surface area contributed by atoms with Gasteiger partial charge in [0.2, 0.25) is 5.95 Å². The van der Waals surface area contributed by atoms with Gasteiger partial charge in [0, 0.05) is 62.7 Å². The first-order chi connectivity index (χ1) is 15.7. The minimum Gasteiger partial charge on any atom is -0.369 e. The first-order valence-electron chi connectivity index (χ1n) is 11.9. The van der Waals surface area contributed by atoms with Crippen LogP contribution < -0.4 is 21.1 Å². The Morgan fingerprint density at radius 1 is 1.12 bits per heavy atom. The van der Waals surface area contributed by atoms with Gasteiger partial charge in [-0.1, -0.05) is 25.7 Å². The summed E-state index contributed by atoms with van der Waals surface area (Å²) in [6.45, 7) is 6.23. The maximum atomic E-state index is 12.8. The topological polar surface area (TPSA) is 75.1 Å². The van der Waals surface area contributed by atoms with Gasteiger partial charge in [0.1, 0.15) is 5.65 Å². The van der Waals surface area contributed by atoms with Crippen LogP contribution in [0, 0.1) is 5.92 Å². The van der Waals surface area contributed by atoms with Crippen LogP contribution in [0.2, 0.25) is 0 Å². The quantitative estimate of drug-likeness (QED) is 0.601. The van der Waals surface area contributed by atoms with E-state index in [1.54, 1.807) is 12.3 Å². The van der Waals surface area contributed by atoms with Crippen LogP contribution in [0.4, 0.5) is 17.3 Å². The molecule has 1 saturated carbocycles. The van der Waals surface area contributed by atoms with Crippen LogP contribution in [-0.4, -0.2) is 40.7 Å². The molecule has 2 N–H and O–H groups in total. The van der Waals surface area contributed by atoms with E-state index in [1.165, 1.54) is 31.4 Å². The van der Waals surface area contributed by atoms with Crippen LogP contribution in [0.1, 0.15) is 46.5 Å². The van der Waals surface area contributed by atoms with Gasteiger partial charge in [-0.15, -0.1) is 0 Å². The molecule has 0 radical (unpaired) electrons. The number of hydrogen-bond acceptors (Lipinski definition) is 6. The number of anilines is 3. The van der Waals surface area contributed by atoms with Crippen molar-refractivity contribution in [3.05, 3.63) is 52.9 Å². The molecule has 2 fully saturated rings. The van der Waals surface area contributed by atoms with Gasteiger partial charge in [-0.3, -0.25) is 9.36 Å². The maximum Gasteiger partial charge on any atom is 0.252 e. The van der Waals surface area contributed by atoms with Crippen molar-refractivity contribution in [2.75, 3.05) is 36.4 Å². The molecule has 3 heterocycles. The van der Waals surface area contributed by atoms with E-state index in [2.05, 4.69) is 51.7 Å². The summed E-state index contributed by atoms with van der Waals surface area (Å²) in [5.41, 5.74) is 2.88. The molecule has 2 aliphatic rings. The molecule has 7 heteroatoms. The zero-order chi connectivity index (χ0) is 21.9. The highest BCUT2D eigenvalue weighted by atomic mass is 16.1. The predicted octanol–water partition coefficient (Wildman–Crippen LogP) is 4.33. The fraction of sp³-hybridized carbons (Fsp3) is 0.480. The Labute approximate surface area is 190 Å². The van der Waals surface area contributed by atoms with Gasteiger partial charge in [-0.2, -0.15) is 4.98 Å². The van der Waals surface area contributed by atoms with Crippen LogP contribution in [0.3, 0.4) is 0 Å². The molecule has 1 saturated heterocycles. The molecule has 5 rings (SSSR count). The zero-order valence-electron chi connectivity index (χ0n) is 18.8. The van der Waals surface area contributed by atoms with Crippen molar-refractivity contribution in [1.82, 2.24) is 19.9 Å². The molecule has 7 nitrogen and oxygen atoms in total. The summed E-state index contributed by atoms with van der Waals surface area (Å²) in [6, 6.07) is 12.0. The molecular weight excluding hydrogens is 400 g/mol. The number of benzene rings is 1. The van der Waals surface area contributed by atoms with E-state index < -0.39 is 0 Å². The second-order valence-corrected chi connectivity index (χ2v) is 9.16. The van der Waals surface area contributed by atoms with Gasteiger partial charge < -0.3 is 15.5 Å². The third-order valence-corrected chi connectivity index (χ3v) is 6.86. The Morgan fingerprint density at radius 2 is 1.88 bits per heavy atom. The van der Waals surface area contributed by atoms with E-state index in [4.69, 9.17) is 4.98 Å². The Bertz CT molecular complexity index is 1120. The number of nitrogens with zero attached hydrogens (tertiary/aromatic N) is 4. The number of rotatable bonds is 6. The van der Waals surface area contributed by atoms with E-state index in [9.17, 15) is 4.79 Å². The normalized spacial score (nSPS) is 18.2. The third kappa shape index (κ3) is 4.48. The van der Waals surface area contributed by atoms with Crippen molar-refractivity contribution in [2.24, 2.45) is 5.92 Å². The maximum absolute atomic E-state index is 12.8. The van der Waals surface area contributed by atoms with E-state index in [0.717, 1.165) is 43.7 Å². The Hall–Kier alpha value is -2.93. The molecule has 0 amide bonds. The van der Waals surface area contributed by atoms with Crippen molar-refractivity contribution in [3.63, 3.8) is 0 Å². The number of piperazine rings is 1. The SMILES string of the molecule is CC(CC1CCCC1)n1c(=O)ccc2cnc(Nc3ccc(N4CCNCC4)cc3)nc21.[HH]. The van der Waals surface area contributed by atoms with Gasteiger partial charge in [0.25, 0.3) is 5.56 Å². The summed E-state index contributed by atoms with van der Waals surface area (Å²) in [4.78, 5) is 24.4. The van der Waals surface area contributed by atoms with Crippen molar-refractivity contribution in [2.45, 2.75) is 45.1 Å². The highest BCUT2D eigenvalue weighted by Gasteiger charge is 2.21. The van der Waals surface area contributed by atoms with E-state index in [-0.39, 0.29) is 13.0 Å². The van der Waals surface area contributed by atoms with Crippen LogP contribution >= 0.6 is 0 Å². The molecule has 2 aromatic heterocycles. The Balaban J connectivity index is 0.00000259. The summed E-state index contributed by atoms with van der Waals surface area (Å²) in [6.07, 6.45) is 8.00. The molecule has 3 aromatic rings. The predicted molar refractivity (Wildman–Crippen MR) is 132 cm³/mol. The monoisotopic (exact) mass is 434 g/mol. The molecule has 1 aromatic carbocycles. The number of aromatic nitrogens is 3. The lowest BCUT2D eigenvalue weighted by atomic mass is 9.99. The molecule has 32 heavy (non-hydrogen) atoms. The van der Waals surface area contributed by atoms with Gasteiger partial charge in [0.05, 0.1) is 0 Å². The second-order valence-electron chi connectivity index (χ2n) is 9.16. The highest BCUT2D eigenvalue weighted by Crippen LogP contribution is 2.32. The highest BCUT2D eigenvalue weighted by molar-refractivity contribution is 5.76. The van der Waals surface area contributed by atoms with Crippen LogP contribution in [0.5, 0.6) is 0 Å². The lowest BCUT2D eigenvalue weighted by Gasteiger charge is -2.29. The molecule has 1 unspecified atom stereocenters. The van der Waals surface area contributed by atoms with Crippen LogP contribution in [0.25, 0.3) is 11.0 Å². The van der Waals surface area contributed by atoms with Gasteiger partial charge in [-0.05, 0) is 49.6 Å². The first-order valence-corrected chi connectivity index (χ1v) is 11.9. The smallest absolute Gasteiger partial charge is 0.252 e. The molecule has 1 aliphatic heterocycles. The minimum atomic E-state index is 0. The fourth-order valence-electron chi connectivity index (χ4n) is 5.17. The third-order valence-electron chi connectivity index (χ3n) is 6.86. The summed E-state index contributed by atoms with van der Waals surface area (Å²) >= 11 is 0. The second kappa shape index (κ2) is 9.28. The molecule has 170 valence electrons. The van der Waals surface area contributed by atoms with Crippen molar-refractivity contribution >= 4 is 28.4 Å². The summed E-state index contributed by atoms with van der Waals surface area (Å²) in [7, 11) is 0. The number of fused-ring (bicyclic) bond motifs is 1.